The molecule has 0 aliphatic carbocycles. The van der Waals surface area contributed by atoms with Gasteiger partial charge in [-0.3, -0.25) is 9.59 Å². The normalized spacial score (nSPS) is 9.40. The average Bonchev–Trinajstić information content (AvgIpc) is 2.28. The zero-order valence-electron chi connectivity index (χ0n) is 8.19. The number of carbonyl (C=O) groups is 2. The molecule has 0 aromatic heterocycles. The van der Waals surface area contributed by atoms with E-state index in [9.17, 15) is 14.5 Å². The Morgan fingerprint density at radius 2 is 2.27 bits per heavy atom. The molecule has 0 bridgehead atoms. The molecule has 1 rings (SSSR count). The highest BCUT2D eigenvalue weighted by atomic mass is 16.3. The van der Waals surface area contributed by atoms with Gasteiger partial charge in [0.1, 0.15) is 5.69 Å². The molecular formula is C10H10N2O3. The van der Waals surface area contributed by atoms with Crippen molar-refractivity contribution in [1.29, 1.82) is 0 Å². The molecule has 0 aliphatic heterocycles. The van der Waals surface area contributed by atoms with Gasteiger partial charge < -0.3 is 5.32 Å². The largest absolute Gasteiger partial charge is 0.352 e. The van der Waals surface area contributed by atoms with Gasteiger partial charge >= 0.3 is 0 Å². The molecular weight excluding hydrogens is 196 g/mol. The molecule has 5 heteroatoms. The number of rotatable bonds is 4. The summed E-state index contributed by atoms with van der Waals surface area (Å²) in [4.78, 5) is 32.2. The zero-order chi connectivity index (χ0) is 11.3. The van der Waals surface area contributed by atoms with Crippen molar-refractivity contribution in [2.45, 2.75) is 6.92 Å². The third-order valence-corrected chi connectivity index (χ3v) is 1.86. The summed E-state index contributed by atoms with van der Waals surface area (Å²) < 4.78 is 0. The van der Waals surface area contributed by atoms with Gasteiger partial charge in [-0.1, -0.05) is 0 Å². The molecule has 0 radical (unpaired) electrons. The maximum absolute atomic E-state index is 11.4. The highest BCUT2D eigenvalue weighted by Crippen LogP contribution is 2.18. The van der Waals surface area contributed by atoms with Crippen molar-refractivity contribution in [3.63, 3.8) is 0 Å². The van der Waals surface area contributed by atoms with E-state index in [-0.39, 0.29) is 17.2 Å². The standard InChI is InChI=1S/C10H10N2O3/c1-2-11-10(14)7-3-4-8(6-13)9(5-7)12-15/h3-6H,2H2,1H3,(H,11,14). The van der Waals surface area contributed by atoms with Crippen LogP contribution in [0.5, 0.6) is 0 Å². The van der Waals surface area contributed by atoms with Crippen LogP contribution in [0.4, 0.5) is 5.69 Å². The van der Waals surface area contributed by atoms with E-state index in [4.69, 9.17) is 0 Å². The molecule has 0 saturated carbocycles. The van der Waals surface area contributed by atoms with E-state index in [1.165, 1.54) is 18.2 Å². The van der Waals surface area contributed by atoms with Gasteiger partial charge in [0.05, 0.1) is 0 Å². The van der Waals surface area contributed by atoms with Crippen LogP contribution in [0.1, 0.15) is 27.6 Å². The number of carbonyl (C=O) groups excluding carboxylic acids is 2. The molecule has 0 spiro atoms. The minimum absolute atomic E-state index is 0.0197. The molecule has 0 heterocycles. The Morgan fingerprint density at radius 1 is 1.53 bits per heavy atom. The van der Waals surface area contributed by atoms with Gasteiger partial charge in [0.25, 0.3) is 5.91 Å². The van der Waals surface area contributed by atoms with Gasteiger partial charge in [-0.15, -0.1) is 4.91 Å². The van der Waals surface area contributed by atoms with E-state index in [2.05, 4.69) is 10.5 Å². The number of hydrogen-bond donors (Lipinski definition) is 1. The van der Waals surface area contributed by atoms with Crippen molar-refractivity contribution >= 4 is 17.9 Å². The number of aldehydes is 1. The fourth-order valence-corrected chi connectivity index (χ4v) is 1.13. The van der Waals surface area contributed by atoms with Crippen molar-refractivity contribution < 1.29 is 9.59 Å². The number of nitrogens with zero attached hydrogens (tertiary/aromatic N) is 1. The lowest BCUT2D eigenvalue weighted by atomic mass is 10.1. The summed E-state index contributed by atoms with van der Waals surface area (Å²) in [5.74, 6) is -0.292. The number of nitroso groups, excluding NO2 is 1. The smallest absolute Gasteiger partial charge is 0.251 e. The van der Waals surface area contributed by atoms with Crippen LogP contribution in [0.15, 0.2) is 23.4 Å². The first kappa shape index (κ1) is 11.0. The minimum Gasteiger partial charge on any atom is -0.352 e. The molecule has 0 fully saturated rings. The second kappa shape index (κ2) is 4.99. The molecule has 0 unspecified atom stereocenters. The van der Waals surface area contributed by atoms with Gasteiger partial charge in [0.2, 0.25) is 0 Å². The summed E-state index contributed by atoms with van der Waals surface area (Å²) in [5.41, 5.74) is 0.476. The molecule has 0 saturated heterocycles. The maximum atomic E-state index is 11.4. The summed E-state index contributed by atoms with van der Waals surface area (Å²) in [6.07, 6.45) is 0.526. The lowest BCUT2D eigenvalue weighted by molar-refractivity contribution is 0.0955. The summed E-state index contributed by atoms with van der Waals surface area (Å²) in [7, 11) is 0. The van der Waals surface area contributed by atoms with Crippen molar-refractivity contribution in [3.05, 3.63) is 34.2 Å². The minimum atomic E-state index is -0.292. The van der Waals surface area contributed by atoms with E-state index in [1.807, 2.05) is 0 Å². The van der Waals surface area contributed by atoms with Gasteiger partial charge in [-0.25, -0.2) is 0 Å². The third-order valence-electron chi connectivity index (χ3n) is 1.86. The Hall–Kier alpha value is -2.04. The van der Waals surface area contributed by atoms with Crippen LogP contribution < -0.4 is 5.32 Å². The van der Waals surface area contributed by atoms with E-state index < -0.39 is 0 Å². The van der Waals surface area contributed by atoms with Gasteiger partial charge in [0, 0.05) is 17.7 Å². The van der Waals surface area contributed by atoms with Crippen molar-refractivity contribution in [2.24, 2.45) is 5.18 Å². The lowest BCUT2D eigenvalue weighted by Crippen LogP contribution is -2.22. The van der Waals surface area contributed by atoms with Crippen molar-refractivity contribution in [3.8, 4) is 0 Å². The van der Waals surface area contributed by atoms with Crippen LogP contribution in [0.25, 0.3) is 0 Å². The highest BCUT2D eigenvalue weighted by Gasteiger charge is 2.08. The monoisotopic (exact) mass is 206 g/mol. The zero-order valence-corrected chi connectivity index (χ0v) is 8.19. The predicted octanol–water partition coefficient (Wildman–Crippen LogP) is 1.65. The Labute approximate surface area is 86.5 Å². The summed E-state index contributed by atoms with van der Waals surface area (Å²) in [6.45, 7) is 2.29. The number of hydrogen-bond acceptors (Lipinski definition) is 4. The van der Waals surface area contributed by atoms with Crippen molar-refractivity contribution in [2.75, 3.05) is 6.54 Å². The van der Waals surface area contributed by atoms with Crippen LogP contribution in [0, 0.1) is 4.91 Å². The molecule has 5 nitrogen and oxygen atoms in total. The van der Waals surface area contributed by atoms with E-state index in [1.54, 1.807) is 6.92 Å². The van der Waals surface area contributed by atoms with E-state index in [0.29, 0.717) is 18.4 Å². The predicted molar refractivity (Wildman–Crippen MR) is 55.3 cm³/mol. The third kappa shape index (κ3) is 2.46. The quantitative estimate of drug-likeness (QED) is 0.601. The molecule has 0 atom stereocenters. The summed E-state index contributed by atoms with van der Waals surface area (Å²) in [6, 6.07) is 4.17. The first-order valence-electron chi connectivity index (χ1n) is 4.43. The van der Waals surface area contributed by atoms with Crippen LogP contribution in [-0.4, -0.2) is 18.7 Å². The molecule has 15 heavy (non-hydrogen) atoms. The molecule has 78 valence electrons. The van der Waals surface area contributed by atoms with Gasteiger partial charge in [-0.05, 0) is 30.3 Å². The Morgan fingerprint density at radius 3 is 2.80 bits per heavy atom. The first-order chi connectivity index (χ1) is 7.22. The Bertz CT molecular complexity index is 402. The molecule has 1 aromatic rings. The van der Waals surface area contributed by atoms with Gasteiger partial charge in [0.15, 0.2) is 6.29 Å². The fraction of sp³-hybridized carbons (Fsp3) is 0.200. The second-order valence-corrected chi connectivity index (χ2v) is 2.84. The lowest BCUT2D eigenvalue weighted by Gasteiger charge is -2.02. The number of benzene rings is 1. The Kier molecular flexibility index (Phi) is 3.68. The average molecular weight is 206 g/mol. The van der Waals surface area contributed by atoms with Crippen LogP contribution in [0.2, 0.25) is 0 Å². The van der Waals surface area contributed by atoms with Crippen molar-refractivity contribution in [1.82, 2.24) is 5.32 Å². The highest BCUT2D eigenvalue weighted by molar-refractivity contribution is 5.96. The van der Waals surface area contributed by atoms with E-state index in [0.717, 1.165) is 0 Å². The Balaban J connectivity index is 3.07. The second-order valence-electron chi connectivity index (χ2n) is 2.84. The molecule has 1 N–H and O–H groups in total. The van der Waals surface area contributed by atoms with E-state index >= 15 is 0 Å². The van der Waals surface area contributed by atoms with Gasteiger partial charge in [-0.2, -0.15) is 0 Å². The summed E-state index contributed by atoms with van der Waals surface area (Å²) >= 11 is 0. The number of nitrogens with one attached hydrogen (secondary N) is 1. The molecule has 1 aromatic carbocycles. The SMILES string of the molecule is CCNC(=O)c1ccc(C=O)c(N=O)c1. The van der Waals surface area contributed by atoms with Crippen LogP contribution >= 0.6 is 0 Å². The number of amides is 1. The summed E-state index contributed by atoms with van der Waals surface area (Å²) in [5, 5.41) is 5.26. The topological polar surface area (TPSA) is 75.6 Å². The fourth-order valence-electron chi connectivity index (χ4n) is 1.13. The molecule has 0 aliphatic rings. The maximum Gasteiger partial charge on any atom is 0.251 e. The van der Waals surface area contributed by atoms with Crippen LogP contribution in [-0.2, 0) is 0 Å². The molecule has 1 amide bonds. The first-order valence-corrected chi connectivity index (χ1v) is 4.43. The van der Waals surface area contributed by atoms with Crippen LogP contribution in [0.3, 0.4) is 0 Å².